The molecule has 4 rings (SSSR count). The Bertz CT molecular complexity index is 1080. The molecule has 0 aromatic heterocycles. The normalized spacial score (nSPS) is 23.7. The predicted molar refractivity (Wildman–Crippen MR) is 145 cm³/mol. The number of nitrogens with zero attached hydrogens (tertiary/aromatic N) is 2. The molecule has 2 aromatic carbocycles. The number of rotatable bonds is 11. The SMILES string of the molecule is C[C@@H]1[C@@H]([Si](C)(C)F)[C@H](CC(=O)N(CCO)Cc2ccccc2)O[C@@H]1CCc1cccc(N2CCC2=O)c1. The standard InChI is InChI=1S/C29H39FN2O4Si/c1-21-25(13-12-22-10-7-11-24(18-22)32-15-14-27(32)34)36-26(29(21)37(2,3)30)19-28(35)31(16-17-33)20-23-8-5-4-6-9-23/h4-11,18,21,25-26,29,33H,12-17,19-20H2,1-3H3/t21-,25+,26-,29+/m0/s1. The highest BCUT2D eigenvalue weighted by molar-refractivity contribution is 6.72. The number of hydrogen-bond acceptors (Lipinski definition) is 4. The van der Waals surface area contributed by atoms with Crippen molar-refractivity contribution < 1.29 is 23.5 Å². The molecule has 2 aliphatic heterocycles. The maximum absolute atomic E-state index is 15.6. The summed E-state index contributed by atoms with van der Waals surface area (Å²) in [6, 6.07) is 17.7. The van der Waals surface area contributed by atoms with Gasteiger partial charge in [0.2, 0.25) is 20.2 Å². The van der Waals surface area contributed by atoms with Crippen LogP contribution in [0, 0.1) is 5.92 Å². The minimum absolute atomic E-state index is 0.00465. The van der Waals surface area contributed by atoms with Crippen molar-refractivity contribution in [2.24, 2.45) is 5.92 Å². The molecule has 200 valence electrons. The summed E-state index contributed by atoms with van der Waals surface area (Å²) in [5, 5.41) is 9.56. The molecule has 0 radical (unpaired) electrons. The molecule has 0 bridgehead atoms. The van der Waals surface area contributed by atoms with Crippen LogP contribution >= 0.6 is 0 Å². The van der Waals surface area contributed by atoms with Gasteiger partial charge >= 0.3 is 0 Å². The molecule has 2 aliphatic rings. The summed E-state index contributed by atoms with van der Waals surface area (Å²) >= 11 is 0. The van der Waals surface area contributed by atoms with Crippen molar-refractivity contribution in [3.63, 3.8) is 0 Å². The summed E-state index contributed by atoms with van der Waals surface area (Å²) in [5.41, 5.74) is 2.76. The van der Waals surface area contributed by atoms with Gasteiger partial charge in [-0.05, 0) is 55.1 Å². The summed E-state index contributed by atoms with van der Waals surface area (Å²) in [5.74, 6) is 0.0360. The fourth-order valence-corrected chi connectivity index (χ4v) is 8.42. The molecular weight excluding hydrogens is 487 g/mol. The molecular formula is C29H39FN2O4Si. The van der Waals surface area contributed by atoms with Gasteiger partial charge in [0, 0.05) is 37.3 Å². The minimum Gasteiger partial charge on any atom is -0.395 e. The van der Waals surface area contributed by atoms with Gasteiger partial charge in [0.05, 0.1) is 25.2 Å². The molecule has 2 heterocycles. The molecule has 37 heavy (non-hydrogen) atoms. The van der Waals surface area contributed by atoms with E-state index in [1.807, 2.05) is 42.5 Å². The molecule has 6 nitrogen and oxygen atoms in total. The van der Waals surface area contributed by atoms with Crippen LogP contribution in [0.15, 0.2) is 54.6 Å². The molecule has 0 aliphatic carbocycles. The number of carbonyl (C=O) groups is 2. The van der Waals surface area contributed by atoms with E-state index in [-0.39, 0.29) is 48.9 Å². The van der Waals surface area contributed by atoms with Gasteiger partial charge in [0.1, 0.15) is 0 Å². The Morgan fingerprint density at radius 3 is 2.49 bits per heavy atom. The second-order valence-corrected chi connectivity index (χ2v) is 14.7. The van der Waals surface area contributed by atoms with Crippen molar-refractivity contribution in [3.05, 3.63) is 65.7 Å². The first-order valence-electron chi connectivity index (χ1n) is 13.3. The third kappa shape index (κ3) is 6.66. The average molecular weight is 527 g/mol. The summed E-state index contributed by atoms with van der Waals surface area (Å²) in [4.78, 5) is 28.6. The number of anilines is 1. The lowest BCUT2D eigenvalue weighted by Crippen LogP contribution is -2.43. The van der Waals surface area contributed by atoms with Gasteiger partial charge in [-0.3, -0.25) is 9.59 Å². The molecule has 1 N–H and O–H groups in total. The average Bonchev–Trinajstić information content (AvgIpc) is 3.17. The summed E-state index contributed by atoms with van der Waals surface area (Å²) in [6.45, 7) is 6.74. The van der Waals surface area contributed by atoms with Crippen molar-refractivity contribution >= 4 is 25.9 Å². The van der Waals surface area contributed by atoms with Crippen LogP contribution in [0.1, 0.15) is 37.3 Å². The Morgan fingerprint density at radius 1 is 1.14 bits per heavy atom. The lowest BCUT2D eigenvalue weighted by atomic mass is 9.94. The van der Waals surface area contributed by atoms with Crippen LogP contribution in [0.2, 0.25) is 18.6 Å². The number of amides is 2. The number of carbonyl (C=O) groups excluding carboxylic acids is 2. The number of ether oxygens (including phenoxy) is 1. The highest BCUT2D eigenvalue weighted by atomic mass is 28.4. The Morgan fingerprint density at radius 2 is 1.86 bits per heavy atom. The van der Waals surface area contributed by atoms with Gasteiger partial charge in [-0.1, -0.05) is 49.4 Å². The summed E-state index contributed by atoms with van der Waals surface area (Å²) in [6.07, 6.45) is 1.60. The van der Waals surface area contributed by atoms with Gasteiger partial charge in [0.25, 0.3) is 0 Å². The lowest BCUT2D eigenvalue weighted by molar-refractivity contribution is -0.135. The Kier molecular flexibility index (Phi) is 8.82. The van der Waals surface area contributed by atoms with Crippen LogP contribution in [0.3, 0.4) is 0 Å². The zero-order valence-electron chi connectivity index (χ0n) is 22.1. The monoisotopic (exact) mass is 526 g/mol. The van der Waals surface area contributed by atoms with E-state index in [9.17, 15) is 14.7 Å². The molecule has 2 aromatic rings. The molecule has 2 saturated heterocycles. The Hall–Kier alpha value is -2.55. The zero-order valence-corrected chi connectivity index (χ0v) is 23.1. The number of hydrogen-bond donors (Lipinski definition) is 1. The number of halogens is 1. The third-order valence-electron chi connectivity index (χ3n) is 7.80. The van der Waals surface area contributed by atoms with Crippen LogP contribution in [0.5, 0.6) is 0 Å². The molecule has 0 spiro atoms. The number of aliphatic hydroxyl groups is 1. The summed E-state index contributed by atoms with van der Waals surface area (Å²) in [7, 11) is -3.11. The fraction of sp³-hybridized carbons (Fsp3) is 0.517. The first-order chi connectivity index (χ1) is 17.7. The van der Waals surface area contributed by atoms with E-state index in [2.05, 4.69) is 19.1 Å². The maximum atomic E-state index is 15.6. The van der Waals surface area contributed by atoms with Crippen molar-refractivity contribution in [3.8, 4) is 0 Å². The van der Waals surface area contributed by atoms with Crippen molar-refractivity contribution in [1.29, 1.82) is 0 Å². The molecule has 2 amide bonds. The zero-order chi connectivity index (χ0) is 26.6. The quantitative estimate of drug-likeness (QED) is 0.261. The van der Waals surface area contributed by atoms with Crippen LogP contribution in [0.25, 0.3) is 0 Å². The first kappa shape index (κ1) is 27.5. The second kappa shape index (κ2) is 11.9. The van der Waals surface area contributed by atoms with Crippen molar-refractivity contribution in [2.45, 2.75) is 70.0 Å². The van der Waals surface area contributed by atoms with Gasteiger partial charge in [-0.15, -0.1) is 0 Å². The predicted octanol–water partition coefficient (Wildman–Crippen LogP) is 4.72. The largest absolute Gasteiger partial charge is 0.395 e. The van der Waals surface area contributed by atoms with Crippen LogP contribution in [-0.4, -0.2) is 62.1 Å². The van der Waals surface area contributed by atoms with E-state index in [0.29, 0.717) is 13.0 Å². The van der Waals surface area contributed by atoms with E-state index in [4.69, 9.17) is 4.74 Å². The van der Waals surface area contributed by atoms with Gasteiger partial charge < -0.3 is 23.8 Å². The van der Waals surface area contributed by atoms with Gasteiger partial charge in [-0.2, -0.15) is 0 Å². The van der Waals surface area contributed by atoms with Crippen molar-refractivity contribution in [1.82, 2.24) is 4.90 Å². The van der Waals surface area contributed by atoms with E-state index in [1.54, 1.807) is 22.9 Å². The Balaban J connectivity index is 1.42. The van der Waals surface area contributed by atoms with Gasteiger partial charge in [0.15, 0.2) is 0 Å². The minimum atomic E-state index is -3.11. The molecule has 2 fully saturated rings. The number of benzene rings is 2. The number of aliphatic hydroxyl groups excluding tert-OH is 1. The topological polar surface area (TPSA) is 70.1 Å². The highest BCUT2D eigenvalue weighted by Crippen LogP contribution is 2.47. The first-order valence-corrected chi connectivity index (χ1v) is 16.3. The number of β-lactam (4-membered cyclic amide) rings is 1. The van der Waals surface area contributed by atoms with E-state index in [1.165, 1.54) is 0 Å². The maximum Gasteiger partial charge on any atom is 0.246 e. The fourth-order valence-electron chi connectivity index (χ4n) is 5.87. The molecule has 0 saturated carbocycles. The van der Waals surface area contributed by atoms with E-state index in [0.717, 1.165) is 36.2 Å². The van der Waals surface area contributed by atoms with Crippen LogP contribution in [-0.2, 0) is 27.3 Å². The van der Waals surface area contributed by atoms with Gasteiger partial charge in [-0.25, -0.2) is 0 Å². The van der Waals surface area contributed by atoms with Crippen LogP contribution < -0.4 is 4.90 Å². The van der Waals surface area contributed by atoms with E-state index < -0.39 is 14.5 Å². The number of aryl methyl sites for hydroxylation is 1. The summed E-state index contributed by atoms with van der Waals surface area (Å²) < 4.78 is 22.0. The molecule has 8 heteroatoms. The van der Waals surface area contributed by atoms with Crippen molar-refractivity contribution in [2.75, 3.05) is 24.6 Å². The highest BCUT2D eigenvalue weighted by Gasteiger charge is 2.51. The molecule has 4 atom stereocenters. The lowest BCUT2D eigenvalue weighted by Gasteiger charge is -2.31. The second-order valence-electron chi connectivity index (χ2n) is 10.9. The van der Waals surface area contributed by atoms with Crippen LogP contribution in [0.4, 0.5) is 9.80 Å². The van der Waals surface area contributed by atoms with E-state index >= 15 is 4.11 Å². The smallest absolute Gasteiger partial charge is 0.246 e. The third-order valence-corrected chi connectivity index (χ3v) is 10.3. The Labute approximate surface area is 220 Å². The molecule has 0 unspecified atom stereocenters.